The van der Waals surface area contributed by atoms with Gasteiger partial charge in [-0.3, -0.25) is 0 Å². The Morgan fingerprint density at radius 3 is 1.50 bits per heavy atom. The van der Waals surface area contributed by atoms with E-state index in [0.29, 0.717) is 0 Å². The molecule has 2 heteroatoms. The SMILES string of the molecule is [CH3][Sn]([CH3])[F]. The first-order valence-corrected chi connectivity index (χ1v) is 7.98. The van der Waals surface area contributed by atoms with Crippen LogP contribution in [0.25, 0.3) is 0 Å². The van der Waals surface area contributed by atoms with Gasteiger partial charge >= 0.3 is 33.1 Å². The molecule has 0 saturated carbocycles. The molecule has 0 bridgehead atoms. The molecule has 0 aromatic carbocycles. The van der Waals surface area contributed by atoms with Crippen molar-refractivity contribution >= 4 is 20.3 Å². The quantitative estimate of drug-likeness (QED) is 0.476. The van der Waals surface area contributed by atoms with Crippen molar-refractivity contribution in [3.63, 3.8) is 0 Å². The molecule has 1 radical (unpaired) electrons. The number of rotatable bonds is 0. The minimum atomic E-state index is -2.04. The Labute approximate surface area is 33.5 Å². The molecular formula is C2H6FSn. The van der Waals surface area contributed by atoms with Gasteiger partial charge < -0.3 is 0 Å². The Morgan fingerprint density at radius 2 is 1.50 bits per heavy atom. The molecule has 25 valence electrons. The molecule has 0 aliphatic heterocycles. The van der Waals surface area contributed by atoms with Crippen LogP contribution in [0.1, 0.15) is 0 Å². The van der Waals surface area contributed by atoms with Gasteiger partial charge in [0, 0.05) is 0 Å². The fraction of sp³-hybridized carbons (Fsp3) is 1.00. The van der Waals surface area contributed by atoms with Gasteiger partial charge in [0.05, 0.1) is 0 Å². The second-order valence-electron chi connectivity index (χ2n) is 0.878. The Bertz CT molecular complexity index is 10.8. The van der Waals surface area contributed by atoms with Gasteiger partial charge in [-0.15, -0.1) is 0 Å². The Morgan fingerprint density at radius 1 is 1.50 bits per heavy atom. The van der Waals surface area contributed by atoms with Crippen molar-refractivity contribution in [1.29, 1.82) is 0 Å². The zero-order valence-electron chi connectivity index (χ0n) is 2.88. The van der Waals surface area contributed by atoms with Crippen LogP contribution < -0.4 is 0 Å². The van der Waals surface area contributed by atoms with E-state index in [0.717, 1.165) is 0 Å². The first-order chi connectivity index (χ1) is 1.73. The van der Waals surface area contributed by atoms with Gasteiger partial charge in [0.2, 0.25) is 0 Å². The Balaban J connectivity index is 2.32. The van der Waals surface area contributed by atoms with E-state index < -0.39 is 20.3 Å². The predicted molar refractivity (Wildman–Crippen MR) is 18.6 cm³/mol. The molecule has 0 fully saturated rings. The van der Waals surface area contributed by atoms with Crippen LogP contribution in [-0.4, -0.2) is 20.3 Å². The predicted octanol–water partition coefficient (Wildman–Crippen LogP) is 1.21. The van der Waals surface area contributed by atoms with Gasteiger partial charge in [-0.25, -0.2) is 0 Å². The fourth-order valence-electron chi connectivity index (χ4n) is 0. The van der Waals surface area contributed by atoms with E-state index in [1.807, 2.05) is 0 Å². The molecule has 0 rings (SSSR count). The van der Waals surface area contributed by atoms with Crippen molar-refractivity contribution in [3.05, 3.63) is 0 Å². The van der Waals surface area contributed by atoms with Gasteiger partial charge in [-0.1, -0.05) is 0 Å². The molecule has 0 aliphatic carbocycles. The van der Waals surface area contributed by atoms with Crippen LogP contribution in [-0.2, 0) is 0 Å². The molecule has 0 aromatic rings. The summed E-state index contributed by atoms with van der Waals surface area (Å²) in [7, 11) is 0. The van der Waals surface area contributed by atoms with E-state index in [2.05, 4.69) is 0 Å². The van der Waals surface area contributed by atoms with E-state index in [-0.39, 0.29) is 0 Å². The Kier molecular flexibility index (Phi) is 2.36. The number of hydrogen-bond donors (Lipinski definition) is 0. The molecule has 0 amide bonds. The summed E-state index contributed by atoms with van der Waals surface area (Å²) >= 11 is -2.04. The molecule has 0 aromatic heterocycles. The summed E-state index contributed by atoms with van der Waals surface area (Å²) in [6, 6.07) is 0. The maximum atomic E-state index is 11.2. The topological polar surface area (TPSA) is 0 Å². The summed E-state index contributed by atoms with van der Waals surface area (Å²) in [5.74, 6) is 0. The normalized spacial score (nSPS) is 9.00. The standard InChI is InChI=1S/2CH3.FH.Sn/h2*1H3;1H;/q;;;+1/p-1. The van der Waals surface area contributed by atoms with Gasteiger partial charge in [-0.2, -0.15) is 0 Å². The van der Waals surface area contributed by atoms with E-state index in [1.54, 1.807) is 9.88 Å². The summed E-state index contributed by atoms with van der Waals surface area (Å²) in [5.41, 5.74) is 0. The molecule has 0 saturated heterocycles. The van der Waals surface area contributed by atoms with E-state index >= 15 is 0 Å². The molecular weight excluding hydrogens is 162 g/mol. The van der Waals surface area contributed by atoms with Crippen molar-refractivity contribution in [2.24, 2.45) is 0 Å². The third-order valence-corrected chi connectivity index (χ3v) is 0. The first kappa shape index (κ1) is 4.73. The Hall–Kier alpha value is 0.729. The summed E-state index contributed by atoms with van der Waals surface area (Å²) < 4.78 is 11.2. The van der Waals surface area contributed by atoms with Crippen molar-refractivity contribution in [2.45, 2.75) is 9.88 Å². The summed E-state index contributed by atoms with van der Waals surface area (Å²) in [5, 5.41) is 0. The summed E-state index contributed by atoms with van der Waals surface area (Å²) in [6.45, 7) is 0. The van der Waals surface area contributed by atoms with Crippen LogP contribution in [0, 0.1) is 0 Å². The van der Waals surface area contributed by atoms with Gasteiger partial charge in [0.25, 0.3) is 0 Å². The van der Waals surface area contributed by atoms with Crippen molar-refractivity contribution in [1.82, 2.24) is 0 Å². The third-order valence-electron chi connectivity index (χ3n) is 0. The third kappa shape index (κ3) is 15.4. The van der Waals surface area contributed by atoms with Gasteiger partial charge in [0.1, 0.15) is 0 Å². The molecule has 0 nitrogen and oxygen atoms in total. The molecule has 0 N–H and O–H groups in total. The van der Waals surface area contributed by atoms with Crippen LogP contribution >= 0.6 is 0 Å². The molecule has 0 heterocycles. The molecule has 0 aliphatic rings. The fourth-order valence-corrected chi connectivity index (χ4v) is 0. The number of halogens is 1. The van der Waals surface area contributed by atoms with Crippen LogP contribution in [0.2, 0.25) is 9.88 Å². The van der Waals surface area contributed by atoms with Crippen molar-refractivity contribution in [3.8, 4) is 0 Å². The van der Waals surface area contributed by atoms with Crippen LogP contribution in [0.3, 0.4) is 0 Å². The van der Waals surface area contributed by atoms with Crippen molar-refractivity contribution in [2.75, 3.05) is 0 Å². The van der Waals surface area contributed by atoms with E-state index in [9.17, 15) is 2.87 Å². The van der Waals surface area contributed by atoms with Crippen LogP contribution in [0.15, 0.2) is 0 Å². The molecule has 0 atom stereocenters. The van der Waals surface area contributed by atoms with Crippen LogP contribution in [0.4, 0.5) is 2.87 Å². The monoisotopic (exact) mass is 169 g/mol. The second kappa shape index (κ2) is 2.00. The first-order valence-electron chi connectivity index (χ1n) is 1.19. The van der Waals surface area contributed by atoms with Gasteiger partial charge in [-0.05, 0) is 0 Å². The second-order valence-corrected chi connectivity index (χ2v) is 5.89. The van der Waals surface area contributed by atoms with Gasteiger partial charge in [0.15, 0.2) is 0 Å². The zero-order chi connectivity index (χ0) is 3.58. The molecule has 0 spiro atoms. The number of hydrogen-bond acceptors (Lipinski definition) is 0. The average Bonchev–Trinajstić information content (AvgIpc) is 0.811. The van der Waals surface area contributed by atoms with Crippen molar-refractivity contribution < 1.29 is 2.87 Å². The minimum absolute atomic E-state index is 1.70. The summed E-state index contributed by atoms with van der Waals surface area (Å²) in [6.07, 6.45) is 0. The molecule has 0 unspecified atom stereocenters. The van der Waals surface area contributed by atoms with E-state index in [1.165, 1.54) is 0 Å². The zero-order valence-corrected chi connectivity index (χ0v) is 5.73. The maximum absolute atomic E-state index is 11.2. The van der Waals surface area contributed by atoms with Crippen LogP contribution in [0.5, 0.6) is 0 Å². The molecule has 4 heavy (non-hydrogen) atoms. The van der Waals surface area contributed by atoms with E-state index in [4.69, 9.17) is 0 Å². The summed E-state index contributed by atoms with van der Waals surface area (Å²) in [4.78, 5) is 3.39. The average molecular weight is 168 g/mol.